The van der Waals surface area contributed by atoms with Crippen LogP contribution >= 0.6 is 0 Å². The van der Waals surface area contributed by atoms with Crippen molar-refractivity contribution in [3.63, 3.8) is 0 Å². The van der Waals surface area contributed by atoms with Crippen LogP contribution in [-0.4, -0.2) is 35.6 Å². The minimum absolute atomic E-state index is 0.0113. The maximum atomic E-state index is 13.5. The second kappa shape index (κ2) is 12.0. The number of carboxylic acids is 1. The maximum Gasteiger partial charge on any atom is 0.326 e. The Balaban J connectivity index is 2.00. The zero-order chi connectivity index (χ0) is 25.3. The first kappa shape index (κ1) is 25.7. The van der Waals surface area contributed by atoms with E-state index in [1.54, 1.807) is 13.8 Å². The third-order valence-corrected chi connectivity index (χ3v) is 6.14. The zero-order valence-electron chi connectivity index (χ0n) is 20.0. The summed E-state index contributed by atoms with van der Waals surface area (Å²) in [6, 6.07) is 27.9. The van der Waals surface area contributed by atoms with E-state index in [2.05, 4.69) is 5.32 Å². The summed E-state index contributed by atoms with van der Waals surface area (Å²) in [5, 5.41) is 12.4. The number of rotatable bonds is 11. The Labute approximate surface area is 206 Å². The van der Waals surface area contributed by atoms with E-state index in [-0.39, 0.29) is 19.4 Å². The van der Waals surface area contributed by atoms with E-state index in [4.69, 9.17) is 4.74 Å². The number of amides is 1. The van der Waals surface area contributed by atoms with E-state index in [1.807, 2.05) is 91.0 Å². The van der Waals surface area contributed by atoms with Gasteiger partial charge in [0.2, 0.25) is 5.91 Å². The molecule has 35 heavy (non-hydrogen) atoms. The highest BCUT2D eigenvalue weighted by atomic mass is 16.5. The van der Waals surface area contributed by atoms with Gasteiger partial charge in [-0.2, -0.15) is 0 Å². The molecule has 2 atom stereocenters. The SMILES string of the molecule is CCOC(=O)[C@@H](C)C[C@@H](NC(=O)CC(c1ccccc1)(c1ccccc1)c1ccccc1)C(=O)O. The number of carboxylic acid groups (broad SMARTS) is 1. The number of ether oxygens (including phenoxy) is 1. The molecule has 0 fully saturated rings. The molecule has 1 amide bonds. The molecule has 0 saturated heterocycles. The lowest BCUT2D eigenvalue weighted by atomic mass is 9.67. The molecule has 0 aliphatic heterocycles. The minimum Gasteiger partial charge on any atom is -0.480 e. The predicted molar refractivity (Wildman–Crippen MR) is 134 cm³/mol. The van der Waals surface area contributed by atoms with E-state index in [9.17, 15) is 19.5 Å². The lowest BCUT2D eigenvalue weighted by Gasteiger charge is -2.36. The number of carbonyl (C=O) groups is 3. The van der Waals surface area contributed by atoms with Crippen LogP contribution in [0, 0.1) is 5.92 Å². The van der Waals surface area contributed by atoms with Gasteiger partial charge in [-0.05, 0) is 30.0 Å². The Morgan fingerprint density at radius 2 is 1.26 bits per heavy atom. The van der Waals surface area contributed by atoms with Gasteiger partial charge in [-0.3, -0.25) is 9.59 Å². The normalized spacial score (nSPS) is 12.9. The second-order valence-corrected chi connectivity index (χ2v) is 8.53. The van der Waals surface area contributed by atoms with Crippen LogP contribution in [0.3, 0.4) is 0 Å². The number of carbonyl (C=O) groups excluding carboxylic acids is 2. The van der Waals surface area contributed by atoms with Crippen LogP contribution in [0.4, 0.5) is 0 Å². The molecule has 3 aromatic carbocycles. The third kappa shape index (κ3) is 6.15. The Hall–Kier alpha value is -3.93. The topological polar surface area (TPSA) is 92.7 Å². The van der Waals surface area contributed by atoms with E-state index < -0.39 is 35.2 Å². The first-order valence-corrected chi connectivity index (χ1v) is 11.7. The Morgan fingerprint density at radius 3 is 1.63 bits per heavy atom. The molecule has 0 heterocycles. The van der Waals surface area contributed by atoms with Gasteiger partial charge in [0.1, 0.15) is 6.04 Å². The van der Waals surface area contributed by atoms with E-state index >= 15 is 0 Å². The summed E-state index contributed by atoms with van der Waals surface area (Å²) in [5.74, 6) is -2.78. The number of nitrogens with one attached hydrogen (secondary N) is 1. The Bertz CT molecular complexity index is 1020. The van der Waals surface area contributed by atoms with Gasteiger partial charge >= 0.3 is 11.9 Å². The molecule has 6 heteroatoms. The maximum absolute atomic E-state index is 13.5. The molecule has 0 aliphatic rings. The fourth-order valence-corrected chi connectivity index (χ4v) is 4.42. The monoisotopic (exact) mass is 473 g/mol. The van der Waals surface area contributed by atoms with Gasteiger partial charge in [-0.25, -0.2) is 4.79 Å². The minimum atomic E-state index is -1.22. The molecule has 0 spiro atoms. The lowest BCUT2D eigenvalue weighted by molar-refractivity contribution is -0.149. The zero-order valence-corrected chi connectivity index (χ0v) is 20.0. The Kier molecular flexibility index (Phi) is 8.79. The molecule has 0 saturated carbocycles. The van der Waals surface area contributed by atoms with Crippen molar-refractivity contribution in [3.05, 3.63) is 108 Å². The van der Waals surface area contributed by atoms with E-state index in [1.165, 1.54) is 0 Å². The van der Waals surface area contributed by atoms with Gasteiger partial charge in [0.25, 0.3) is 0 Å². The molecule has 3 aromatic rings. The molecule has 0 unspecified atom stereocenters. The number of benzene rings is 3. The molecular weight excluding hydrogens is 442 g/mol. The van der Waals surface area contributed by atoms with Crippen LogP contribution < -0.4 is 5.32 Å². The molecule has 3 rings (SSSR count). The molecule has 6 nitrogen and oxygen atoms in total. The summed E-state index contributed by atoms with van der Waals surface area (Å²) in [6.07, 6.45) is -0.0719. The first-order valence-electron chi connectivity index (χ1n) is 11.7. The van der Waals surface area contributed by atoms with Crippen molar-refractivity contribution in [2.24, 2.45) is 5.92 Å². The van der Waals surface area contributed by atoms with Crippen LogP contribution in [0.2, 0.25) is 0 Å². The molecule has 182 valence electrons. The van der Waals surface area contributed by atoms with Crippen LogP contribution in [-0.2, 0) is 24.5 Å². The van der Waals surface area contributed by atoms with Crippen molar-refractivity contribution in [2.75, 3.05) is 6.61 Å². The largest absolute Gasteiger partial charge is 0.480 e. The summed E-state index contributed by atoms with van der Waals surface area (Å²) in [7, 11) is 0. The van der Waals surface area contributed by atoms with Crippen LogP contribution in [0.1, 0.15) is 43.4 Å². The van der Waals surface area contributed by atoms with Crippen molar-refractivity contribution in [1.82, 2.24) is 5.32 Å². The van der Waals surface area contributed by atoms with Crippen molar-refractivity contribution < 1.29 is 24.2 Å². The summed E-state index contributed by atoms with van der Waals surface area (Å²) in [6.45, 7) is 3.50. The summed E-state index contributed by atoms with van der Waals surface area (Å²) in [4.78, 5) is 37.5. The van der Waals surface area contributed by atoms with Gasteiger partial charge in [0.05, 0.1) is 17.9 Å². The van der Waals surface area contributed by atoms with Gasteiger partial charge in [-0.15, -0.1) is 0 Å². The predicted octanol–water partition coefficient (Wildman–Crippen LogP) is 4.57. The third-order valence-electron chi connectivity index (χ3n) is 6.14. The van der Waals surface area contributed by atoms with Crippen LogP contribution in [0.5, 0.6) is 0 Å². The van der Waals surface area contributed by atoms with Gasteiger partial charge < -0.3 is 15.2 Å². The highest BCUT2D eigenvalue weighted by Crippen LogP contribution is 2.42. The summed E-state index contributed by atoms with van der Waals surface area (Å²) >= 11 is 0. The molecule has 0 bridgehead atoms. The standard InChI is InChI=1S/C29H31NO5/c1-3-35-28(34)21(2)19-25(27(32)33)30-26(31)20-29(22-13-7-4-8-14-22,23-15-9-5-10-16-23)24-17-11-6-12-18-24/h4-18,21,25H,3,19-20H2,1-2H3,(H,30,31)(H,32,33)/t21-,25+/m0/s1. The first-order chi connectivity index (χ1) is 16.9. The fourth-order valence-electron chi connectivity index (χ4n) is 4.42. The van der Waals surface area contributed by atoms with Gasteiger partial charge in [-0.1, -0.05) is 97.9 Å². The molecule has 2 N–H and O–H groups in total. The van der Waals surface area contributed by atoms with Crippen LogP contribution in [0.25, 0.3) is 0 Å². The van der Waals surface area contributed by atoms with Crippen molar-refractivity contribution in [1.29, 1.82) is 0 Å². The number of hydrogen-bond donors (Lipinski definition) is 2. The Morgan fingerprint density at radius 1 is 0.829 bits per heavy atom. The van der Waals surface area contributed by atoms with Crippen molar-refractivity contribution in [2.45, 2.75) is 38.1 Å². The highest BCUT2D eigenvalue weighted by molar-refractivity contribution is 5.86. The van der Waals surface area contributed by atoms with Gasteiger partial charge in [0, 0.05) is 6.42 Å². The molecular formula is C29H31NO5. The number of hydrogen-bond acceptors (Lipinski definition) is 4. The van der Waals surface area contributed by atoms with Crippen molar-refractivity contribution in [3.8, 4) is 0 Å². The number of aliphatic carboxylic acids is 1. The van der Waals surface area contributed by atoms with Crippen LogP contribution in [0.15, 0.2) is 91.0 Å². The molecule has 0 aliphatic carbocycles. The second-order valence-electron chi connectivity index (χ2n) is 8.53. The smallest absolute Gasteiger partial charge is 0.326 e. The van der Waals surface area contributed by atoms with E-state index in [0.29, 0.717) is 0 Å². The average Bonchev–Trinajstić information content (AvgIpc) is 2.88. The lowest BCUT2D eigenvalue weighted by Crippen LogP contribution is -2.45. The molecule has 0 radical (unpaired) electrons. The molecule has 0 aromatic heterocycles. The quantitative estimate of drug-likeness (QED) is 0.314. The van der Waals surface area contributed by atoms with Gasteiger partial charge in [0.15, 0.2) is 0 Å². The summed E-state index contributed by atoms with van der Waals surface area (Å²) < 4.78 is 5.00. The van der Waals surface area contributed by atoms with Crippen molar-refractivity contribution >= 4 is 17.8 Å². The summed E-state index contributed by atoms with van der Waals surface area (Å²) in [5.41, 5.74) is 1.90. The van der Waals surface area contributed by atoms with E-state index in [0.717, 1.165) is 16.7 Å². The average molecular weight is 474 g/mol. The highest BCUT2D eigenvalue weighted by Gasteiger charge is 2.39. The number of esters is 1. The fraction of sp³-hybridized carbons (Fsp3) is 0.276.